The summed E-state index contributed by atoms with van der Waals surface area (Å²) in [7, 11) is 0. The minimum Gasteiger partial charge on any atom is -0.486 e. The molecule has 144 valence electrons. The second-order valence-electron chi connectivity index (χ2n) is 6.97. The predicted molar refractivity (Wildman–Crippen MR) is 104 cm³/mol. The maximum absolute atomic E-state index is 5.70. The van der Waals surface area contributed by atoms with Crippen LogP contribution < -0.4 is 14.4 Å². The van der Waals surface area contributed by atoms with Gasteiger partial charge in [0.25, 0.3) is 0 Å². The van der Waals surface area contributed by atoms with Crippen LogP contribution >= 0.6 is 0 Å². The third-order valence-electron chi connectivity index (χ3n) is 5.12. The molecule has 0 amide bonds. The number of aromatic nitrogens is 4. The fraction of sp³-hybridized carbons (Fsp3) is 0.350. The molecule has 0 aliphatic carbocycles. The fourth-order valence-corrected chi connectivity index (χ4v) is 3.67. The summed E-state index contributed by atoms with van der Waals surface area (Å²) in [5.74, 6) is 2.49. The number of piperazine rings is 1. The van der Waals surface area contributed by atoms with Crippen LogP contribution in [0.25, 0.3) is 5.69 Å². The van der Waals surface area contributed by atoms with E-state index in [0.29, 0.717) is 13.2 Å². The van der Waals surface area contributed by atoms with Crippen molar-refractivity contribution in [3.8, 4) is 17.2 Å². The molecule has 0 spiro atoms. The van der Waals surface area contributed by atoms with Crippen molar-refractivity contribution >= 4 is 5.95 Å². The summed E-state index contributed by atoms with van der Waals surface area (Å²) in [6, 6.07) is 16.2. The average Bonchev–Trinajstić information content (AvgIpc) is 3.25. The van der Waals surface area contributed by atoms with E-state index in [2.05, 4.69) is 37.5 Å². The number of tetrazole rings is 1. The Morgan fingerprint density at radius 3 is 2.46 bits per heavy atom. The van der Waals surface area contributed by atoms with E-state index in [1.54, 1.807) is 4.68 Å². The van der Waals surface area contributed by atoms with Gasteiger partial charge in [0.1, 0.15) is 13.2 Å². The fourth-order valence-electron chi connectivity index (χ4n) is 3.67. The van der Waals surface area contributed by atoms with Gasteiger partial charge in [-0.1, -0.05) is 29.4 Å². The maximum atomic E-state index is 5.70. The van der Waals surface area contributed by atoms with Crippen LogP contribution in [0, 0.1) is 0 Å². The highest BCUT2D eigenvalue weighted by Gasteiger charge is 2.22. The van der Waals surface area contributed by atoms with Crippen molar-refractivity contribution in [2.75, 3.05) is 44.3 Å². The first-order valence-corrected chi connectivity index (χ1v) is 9.56. The molecule has 2 aliphatic heterocycles. The zero-order valence-electron chi connectivity index (χ0n) is 15.6. The van der Waals surface area contributed by atoms with Crippen molar-refractivity contribution in [3.05, 3.63) is 54.1 Å². The second-order valence-corrected chi connectivity index (χ2v) is 6.97. The number of para-hydroxylation sites is 1. The lowest BCUT2D eigenvalue weighted by Gasteiger charge is -2.34. The molecule has 0 saturated carbocycles. The molecule has 0 bridgehead atoms. The molecule has 28 heavy (non-hydrogen) atoms. The number of nitrogens with zero attached hydrogens (tertiary/aromatic N) is 6. The summed E-state index contributed by atoms with van der Waals surface area (Å²) >= 11 is 0. The standard InChI is InChI=1S/C20H22N6O2/c1-2-4-17(5-3-1)26-20(21-22-23-26)25-10-8-24(9-11-25)15-16-6-7-18-19(14-16)28-13-12-27-18/h1-7,14H,8-13,15H2. The second kappa shape index (κ2) is 7.47. The van der Waals surface area contributed by atoms with Gasteiger partial charge >= 0.3 is 0 Å². The summed E-state index contributed by atoms with van der Waals surface area (Å²) in [6.07, 6.45) is 0. The van der Waals surface area contributed by atoms with Crippen molar-refractivity contribution in [1.29, 1.82) is 0 Å². The van der Waals surface area contributed by atoms with Crippen molar-refractivity contribution in [3.63, 3.8) is 0 Å². The van der Waals surface area contributed by atoms with E-state index < -0.39 is 0 Å². The van der Waals surface area contributed by atoms with E-state index in [4.69, 9.17) is 9.47 Å². The number of ether oxygens (including phenoxy) is 2. The van der Waals surface area contributed by atoms with Gasteiger partial charge in [0, 0.05) is 32.7 Å². The molecule has 0 unspecified atom stereocenters. The number of benzene rings is 2. The molecule has 8 heteroatoms. The highest BCUT2D eigenvalue weighted by molar-refractivity contribution is 5.44. The van der Waals surface area contributed by atoms with Gasteiger partial charge in [0.15, 0.2) is 11.5 Å². The van der Waals surface area contributed by atoms with Gasteiger partial charge in [-0.25, -0.2) is 0 Å². The maximum Gasteiger partial charge on any atom is 0.250 e. The molecule has 1 fully saturated rings. The Morgan fingerprint density at radius 1 is 0.857 bits per heavy atom. The lowest BCUT2D eigenvalue weighted by Crippen LogP contribution is -2.46. The zero-order chi connectivity index (χ0) is 18.8. The van der Waals surface area contributed by atoms with Crippen LogP contribution in [0.2, 0.25) is 0 Å². The number of anilines is 1. The van der Waals surface area contributed by atoms with Crippen LogP contribution in [-0.4, -0.2) is 64.5 Å². The highest BCUT2D eigenvalue weighted by atomic mass is 16.6. The summed E-state index contributed by atoms with van der Waals surface area (Å²) < 4.78 is 13.1. The van der Waals surface area contributed by atoms with Crippen LogP contribution in [0.1, 0.15) is 5.56 Å². The third-order valence-corrected chi connectivity index (χ3v) is 5.12. The van der Waals surface area contributed by atoms with Crippen molar-refractivity contribution in [1.82, 2.24) is 25.1 Å². The Hall–Kier alpha value is -3.13. The first-order chi connectivity index (χ1) is 13.9. The monoisotopic (exact) mass is 378 g/mol. The van der Waals surface area contributed by atoms with Gasteiger partial charge in [-0.2, -0.15) is 4.68 Å². The van der Waals surface area contributed by atoms with Gasteiger partial charge < -0.3 is 14.4 Å². The molecule has 2 aromatic carbocycles. The summed E-state index contributed by atoms with van der Waals surface area (Å²) in [6.45, 7) is 5.82. The van der Waals surface area contributed by atoms with Gasteiger partial charge in [0.2, 0.25) is 5.95 Å². The van der Waals surface area contributed by atoms with Gasteiger partial charge in [-0.05, 0) is 40.3 Å². The molecule has 1 aromatic heterocycles. The Balaban J connectivity index is 1.23. The van der Waals surface area contributed by atoms with Crippen molar-refractivity contribution in [2.45, 2.75) is 6.54 Å². The quantitative estimate of drug-likeness (QED) is 0.685. The van der Waals surface area contributed by atoms with Crippen molar-refractivity contribution in [2.24, 2.45) is 0 Å². The van der Waals surface area contributed by atoms with Crippen LogP contribution in [0.5, 0.6) is 11.5 Å². The Labute approximate surface area is 163 Å². The SMILES string of the molecule is c1ccc(-n2nnnc2N2CCN(Cc3ccc4c(c3)OCCO4)CC2)cc1. The van der Waals surface area contributed by atoms with Crippen LogP contribution in [0.3, 0.4) is 0 Å². The first-order valence-electron chi connectivity index (χ1n) is 9.56. The van der Waals surface area contributed by atoms with Crippen LogP contribution in [0.4, 0.5) is 5.95 Å². The number of rotatable bonds is 4. The summed E-state index contributed by atoms with van der Waals surface area (Å²) in [4.78, 5) is 4.69. The predicted octanol–water partition coefficient (Wildman–Crippen LogP) is 1.76. The third kappa shape index (κ3) is 3.38. The van der Waals surface area contributed by atoms with E-state index in [-0.39, 0.29) is 0 Å². The van der Waals surface area contributed by atoms with E-state index >= 15 is 0 Å². The minimum atomic E-state index is 0.616. The molecule has 3 heterocycles. The van der Waals surface area contributed by atoms with E-state index in [1.165, 1.54) is 5.56 Å². The van der Waals surface area contributed by atoms with Crippen molar-refractivity contribution < 1.29 is 9.47 Å². The Bertz CT molecular complexity index is 937. The molecular weight excluding hydrogens is 356 g/mol. The first kappa shape index (κ1) is 17.0. The minimum absolute atomic E-state index is 0.616. The van der Waals surface area contributed by atoms with Gasteiger partial charge in [-0.15, -0.1) is 0 Å². The smallest absolute Gasteiger partial charge is 0.250 e. The van der Waals surface area contributed by atoms with Crippen LogP contribution in [-0.2, 0) is 6.54 Å². The zero-order valence-corrected chi connectivity index (χ0v) is 15.6. The molecule has 8 nitrogen and oxygen atoms in total. The lowest BCUT2D eigenvalue weighted by atomic mass is 10.1. The van der Waals surface area contributed by atoms with Gasteiger partial charge in [-0.3, -0.25) is 4.90 Å². The Morgan fingerprint density at radius 2 is 1.64 bits per heavy atom. The lowest BCUT2D eigenvalue weighted by molar-refractivity contribution is 0.171. The molecule has 2 aliphatic rings. The number of fused-ring (bicyclic) bond motifs is 1. The summed E-state index contributed by atoms with van der Waals surface area (Å²) in [5.41, 5.74) is 2.22. The average molecular weight is 378 g/mol. The molecule has 1 saturated heterocycles. The van der Waals surface area contributed by atoms with E-state index in [0.717, 1.165) is 55.9 Å². The normalized spacial score (nSPS) is 16.9. The van der Waals surface area contributed by atoms with Gasteiger partial charge in [0.05, 0.1) is 5.69 Å². The number of hydrogen-bond donors (Lipinski definition) is 0. The molecule has 0 N–H and O–H groups in total. The van der Waals surface area contributed by atoms with E-state index in [1.807, 2.05) is 36.4 Å². The molecular formula is C20H22N6O2. The Kier molecular flexibility index (Phi) is 4.54. The molecule has 5 rings (SSSR count). The molecule has 3 aromatic rings. The summed E-state index contributed by atoms with van der Waals surface area (Å²) in [5, 5.41) is 12.3. The van der Waals surface area contributed by atoms with E-state index in [9.17, 15) is 0 Å². The highest BCUT2D eigenvalue weighted by Crippen LogP contribution is 2.31. The molecule has 0 atom stereocenters. The topological polar surface area (TPSA) is 68.5 Å². The van der Waals surface area contributed by atoms with Crippen LogP contribution in [0.15, 0.2) is 48.5 Å². The molecule has 0 radical (unpaired) electrons. The number of hydrogen-bond acceptors (Lipinski definition) is 7. The largest absolute Gasteiger partial charge is 0.486 e.